The number of rotatable bonds is 7. The van der Waals surface area contributed by atoms with E-state index in [0.717, 1.165) is 35.6 Å². The van der Waals surface area contributed by atoms with Crippen molar-refractivity contribution in [1.82, 2.24) is 15.0 Å². The first-order chi connectivity index (χ1) is 18.5. The molecule has 0 saturated carbocycles. The highest BCUT2D eigenvalue weighted by Gasteiger charge is 2.40. The van der Waals surface area contributed by atoms with Crippen LogP contribution in [-0.2, 0) is 10.0 Å². The lowest BCUT2D eigenvalue weighted by atomic mass is 10.1. The summed E-state index contributed by atoms with van der Waals surface area (Å²) < 4.78 is 99.4. The van der Waals surface area contributed by atoms with Crippen LogP contribution in [-0.4, -0.2) is 49.4 Å². The molecule has 0 radical (unpaired) electrons. The van der Waals surface area contributed by atoms with Gasteiger partial charge in [-0.2, -0.15) is 0 Å². The Morgan fingerprint density at radius 1 is 1.03 bits per heavy atom. The van der Waals surface area contributed by atoms with E-state index < -0.39 is 50.5 Å². The Bertz CT molecular complexity index is 1640. The van der Waals surface area contributed by atoms with Gasteiger partial charge in [0.05, 0.1) is 28.5 Å². The van der Waals surface area contributed by atoms with E-state index >= 15 is 4.39 Å². The second-order valence-corrected chi connectivity index (χ2v) is 11.1. The molecule has 0 spiro atoms. The number of halogens is 5. The summed E-state index contributed by atoms with van der Waals surface area (Å²) in [5.41, 5.74) is -0.446. The molecule has 0 amide bonds. The quantitative estimate of drug-likeness (QED) is 0.283. The Labute approximate surface area is 223 Å². The first-order valence-electron chi connectivity index (χ1n) is 11.4. The van der Waals surface area contributed by atoms with Crippen LogP contribution < -0.4 is 14.9 Å². The molecule has 15 heteroatoms. The number of sulfonamides is 1. The van der Waals surface area contributed by atoms with Gasteiger partial charge >= 0.3 is 0 Å². The number of hydrogen-bond donors (Lipinski definition) is 2. The minimum absolute atomic E-state index is 0.0154. The lowest BCUT2D eigenvalue weighted by molar-refractivity contribution is 0.0257. The summed E-state index contributed by atoms with van der Waals surface area (Å²) in [7, 11) is -3.27. The van der Waals surface area contributed by atoms with E-state index in [9.17, 15) is 26.0 Å². The third kappa shape index (κ3) is 5.23. The molecule has 0 atom stereocenters. The van der Waals surface area contributed by atoms with E-state index in [1.807, 2.05) is 4.72 Å². The van der Waals surface area contributed by atoms with Crippen molar-refractivity contribution in [3.05, 3.63) is 66.1 Å². The zero-order valence-electron chi connectivity index (χ0n) is 20.1. The fraction of sp³-hybridized carbons (Fsp3) is 0.208. The average molecular weight is 583 g/mol. The second-order valence-electron chi connectivity index (χ2n) is 8.54. The molecular weight excluding hydrogens is 563 g/mol. The fourth-order valence-corrected chi connectivity index (χ4v) is 6.31. The normalized spacial score (nSPS) is 15.0. The van der Waals surface area contributed by atoms with Crippen LogP contribution in [0.3, 0.4) is 0 Å². The van der Waals surface area contributed by atoms with E-state index in [2.05, 4.69) is 20.3 Å². The molecule has 1 fully saturated rings. The van der Waals surface area contributed by atoms with Crippen molar-refractivity contribution in [2.24, 2.45) is 0 Å². The summed E-state index contributed by atoms with van der Waals surface area (Å²) in [5, 5.41) is 2.98. The van der Waals surface area contributed by atoms with E-state index in [4.69, 9.17) is 0 Å². The minimum atomic E-state index is -4.87. The van der Waals surface area contributed by atoms with Gasteiger partial charge < -0.3 is 10.2 Å². The monoisotopic (exact) mass is 582 g/mol. The van der Waals surface area contributed by atoms with Gasteiger partial charge in [-0.3, -0.25) is 4.72 Å². The van der Waals surface area contributed by atoms with Crippen molar-refractivity contribution in [3.63, 3.8) is 0 Å². The molecule has 2 N–H and O–H groups in total. The first kappa shape index (κ1) is 26.7. The molecule has 1 aliphatic rings. The summed E-state index contributed by atoms with van der Waals surface area (Å²) in [6, 6.07) is 7.76. The van der Waals surface area contributed by atoms with Crippen LogP contribution in [0.1, 0.15) is 6.42 Å². The molecule has 1 aliphatic heterocycles. The Hall–Kier alpha value is -3.85. The standard InChI is InChI=1S/C24H19F5N6O2S2/c1-30-22-31-10-8-17(32-22)20-19(33-23(38-20)35-11-9-24(28,29)12-35)13-4-2-7-16(18(13)27)34-39(36,37)21-14(25)5-3-6-15(21)26/h2-8,10,34H,9,11-12H2,1H3,(H,30,31,32). The molecule has 39 heavy (non-hydrogen) atoms. The van der Waals surface area contributed by atoms with Crippen molar-refractivity contribution in [2.75, 3.05) is 35.1 Å². The number of nitrogens with zero attached hydrogens (tertiary/aromatic N) is 4. The lowest BCUT2D eigenvalue weighted by Crippen LogP contribution is -2.24. The maximum absolute atomic E-state index is 15.8. The summed E-state index contributed by atoms with van der Waals surface area (Å²) in [6.45, 7) is -0.539. The number of alkyl halides is 2. The summed E-state index contributed by atoms with van der Waals surface area (Å²) in [5.74, 6) is -6.46. The van der Waals surface area contributed by atoms with Gasteiger partial charge in [0.15, 0.2) is 15.8 Å². The van der Waals surface area contributed by atoms with Crippen molar-refractivity contribution in [2.45, 2.75) is 17.2 Å². The number of nitrogens with one attached hydrogen (secondary N) is 2. The van der Waals surface area contributed by atoms with Gasteiger partial charge in [0, 0.05) is 31.8 Å². The molecule has 8 nitrogen and oxygen atoms in total. The van der Waals surface area contributed by atoms with E-state index in [1.54, 1.807) is 7.05 Å². The first-order valence-corrected chi connectivity index (χ1v) is 13.7. The van der Waals surface area contributed by atoms with Crippen LogP contribution >= 0.6 is 11.3 Å². The predicted molar refractivity (Wildman–Crippen MR) is 137 cm³/mol. The highest BCUT2D eigenvalue weighted by molar-refractivity contribution is 7.92. The molecule has 0 unspecified atom stereocenters. The molecule has 3 heterocycles. The van der Waals surface area contributed by atoms with Crippen molar-refractivity contribution >= 4 is 38.1 Å². The maximum Gasteiger partial charge on any atom is 0.267 e. The van der Waals surface area contributed by atoms with E-state index in [1.165, 1.54) is 29.3 Å². The molecule has 2 aromatic heterocycles. The highest BCUT2D eigenvalue weighted by atomic mass is 32.2. The molecule has 2 aromatic carbocycles. The topological polar surface area (TPSA) is 100 Å². The van der Waals surface area contributed by atoms with Gasteiger partial charge in [-0.25, -0.2) is 45.3 Å². The molecule has 0 bridgehead atoms. The highest BCUT2D eigenvalue weighted by Crippen LogP contribution is 2.43. The Morgan fingerprint density at radius 3 is 2.41 bits per heavy atom. The lowest BCUT2D eigenvalue weighted by Gasteiger charge is -2.14. The average Bonchev–Trinajstić information content (AvgIpc) is 3.48. The second kappa shape index (κ2) is 10.0. The molecule has 5 rings (SSSR count). The van der Waals surface area contributed by atoms with Crippen LogP contribution in [0.25, 0.3) is 21.8 Å². The maximum atomic E-state index is 15.8. The van der Waals surface area contributed by atoms with Gasteiger partial charge in [0.2, 0.25) is 5.95 Å². The smallest absolute Gasteiger partial charge is 0.267 e. The minimum Gasteiger partial charge on any atom is -0.357 e. The number of aromatic nitrogens is 3. The third-order valence-corrected chi connectivity index (χ3v) is 8.41. The Kier molecular flexibility index (Phi) is 6.88. The Balaban J connectivity index is 1.61. The molecule has 1 saturated heterocycles. The van der Waals surface area contributed by atoms with Crippen LogP contribution in [0.5, 0.6) is 0 Å². The summed E-state index contributed by atoms with van der Waals surface area (Å²) in [6.07, 6.45) is 1.08. The van der Waals surface area contributed by atoms with Crippen LogP contribution in [0.2, 0.25) is 0 Å². The Morgan fingerprint density at radius 2 is 1.74 bits per heavy atom. The summed E-state index contributed by atoms with van der Waals surface area (Å²) >= 11 is 1.01. The number of benzene rings is 2. The van der Waals surface area contributed by atoms with Gasteiger partial charge in [0.25, 0.3) is 15.9 Å². The zero-order valence-corrected chi connectivity index (χ0v) is 21.7. The van der Waals surface area contributed by atoms with Gasteiger partial charge in [-0.15, -0.1) is 0 Å². The van der Waals surface area contributed by atoms with E-state index in [-0.39, 0.29) is 35.3 Å². The SMILES string of the molecule is CNc1nccc(-c2sc(N3CCC(F)(F)C3)nc2-c2cccc(NS(=O)(=O)c3c(F)cccc3F)c2F)n1. The van der Waals surface area contributed by atoms with Gasteiger partial charge in [-0.05, 0) is 30.3 Å². The third-order valence-electron chi connectivity index (χ3n) is 5.85. The van der Waals surface area contributed by atoms with Crippen LogP contribution in [0.15, 0.2) is 53.6 Å². The summed E-state index contributed by atoms with van der Waals surface area (Å²) in [4.78, 5) is 13.3. The van der Waals surface area contributed by atoms with Crippen LogP contribution in [0.4, 0.5) is 38.7 Å². The zero-order chi connectivity index (χ0) is 27.9. The van der Waals surface area contributed by atoms with E-state index in [0.29, 0.717) is 10.6 Å². The number of hydrogen-bond acceptors (Lipinski definition) is 8. The van der Waals surface area contributed by atoms with Gasteiger partial charge in [0.1, 0.15) is 11.6 Å². The van der Waals surface area contributed by atoms with Crippen molar-refractivity contribution < 1.29 is 30.4 Å². The molecule has 204 valence electrons. The van der Waals surface area contributed by atoms with Gasteiger partial charge in [-0.1, -0.05) is 23.5 Å². The number of thiazole rings is 1. The van der Waals surface area contributed by atoms with Crippen LogP contribution in [0, 0.1) is 17.5 Å². The van der Waals surface area contributed by atoms with Crippen molar-refractivity contribution in [3.8, 4) is 21.8 Å². The fourth-order valence-electron chi connectivity index (χ4n) is 4.03. The largest absolute Gasteiger partial charge is 0.357 e. The molecular formula is C24H19F5N6O2S2. The molecule has 0 aliphatic carbocycles. The predicted octanol–water partition coefficient (Wildman–Crippen LogP) is 5.37. The molecule has 4 aromatic rings. The number of anilines is 3. The van der Waals surface area contributed by atoms with Crippen molar-refractivity contribution in [1.29, 1.82) is 0 Å².